The van der Waals surface area contributed by atoms with Crippen LogP contribution in [0.4, 0.5) is 0 Å². The molecule has 1 saturated carbocycles. The van der Waals surface area contributed by atoms with E-state index in [-0.39, 0.29) is 11.7 Å². The van der Waals surface area contributed by atoms with E-state index < -0.39 is 17.9 Å². The maximum absolute atomic E-state index is 11.6. The summed E-state index contributed by atoms with van der Waals surface area (Å²) in [6.45, 7) is 1.69. The number of hydrogen-bond acceptors (Lipinski definition) is 4. The molecule has 0 aliphatic heterocycles. The largest absolute Gasteiger partial charge is 0.480 e. The van der Waals surface area contributed by atoms with Gasteiger partial charge in [-0.1, -0.05) is 5.16 Å². The number of carboxylic acids is 1. The monoisotopic (exact) mass is 224 g/mol. The van der Waals surface area contributed by atoms with Gasteiger partial charge in [0, 0.05) is 6.07 Å². The Kier molecular flexibility index (Phi) is 2.64. The van der Waals surface area contributed by atoms with Crippen LogP contribution in [0.1, 0.15) is 29.1 Å². The Morgan fingerprint density at radius 3 is 2.75 bits per heavy atom. The molecule has 0 aromatic carbocycles. The predicted octanol–water partition coefficient (Wildman–Crippen LogP) is 0.576. The molecule has 0 radical (unpaired) electrons. The van der Waals surface area contributed by atoms with E-state index in [4.69, 9.17) is 9.63 Å². The van der Waals surface area contributed by atoms with Gasteiger partial charge in [-0.15, -0.1) is 0 Å². The van der Waals surface area contributed by atoms with Crippen molar-refractivity contribution in [1.82, 2.24) is 10.5 Å². The quantitative estimate of drug-likeness (QED) is 0.780. The van der Waals surface area contributed by atoms with Crippen LogP contribution >= 0.6 is 0 Å². The summed E-state index contributed by atoms with van der Waals surface area (Å²) in [5.74, 6) is -1.44. The standard InChI is InChI=1S/C10H12N2O4/c1-5-4-7(16-12-5)9(13)11-8(10(14)15)6-2-3-6/h4,6,8H,2-3H2,1H3,(H,11,13)(H,14,15). The smallest absolute Gasteiger partial charge is 0.326 e. The van der Waals surface area contributed by atoms with Crippen molar-refractivity contribution in [1.29, 1.82) is 0 Å². The summed E-state index contributed by atoms with van der Waals surface area (Å²) in [5, 5.41) is 14.9. The minimum atomic E-state index is -1.01. The van der Waals surface area contributed by atoms with Gasteiger partial charge in [-0.3, -0.25) is 4.79 Å². The molecule has 1 fully saturated rings. The summed E-state index contributed by atoms with van der Waals surface area (Å²) in [6, 6.07) is 0.652. The van der Waals surface area contributed by atoms with Gasteiger partial charge in [0.1, 0.15) is 6.04 Å². The first kappa shape index (κ1) is 10.7. The number of carboxylic acid groups (broad SMARTS) is 1. The van der Waals surface area contributed by atoms with Gasteiger partial charge in [-0.2, -0.15) is 0 Å². The number of nitrogens with one attached hydrogen (secondary N) is 1. The van der Waals surface area contributed by atoms with Crippen LogP contribution in [0.3, 0.4) is 0 Å². The molecule has 1 aliphatic rings. The number of rotatable bonds is 4. The van der Waals surface area contributed by atoms with Crippen LogP contribution < -0.4 is 5.32 Å². The van der Waals surface area contributed by atoms with Crippen molar-refractivity contribution >= 4 is 11.9 Å². The number of aliphatic carboxylic acids is 1. The summed E-state index contributed by atoms with van der Waals surface area (Å²) in [4.78, 5) is 22.5. The molecule has 0 spiro atoms. The predicted molar refractivity (Wildman–Crippen MR) is 52.9 cm³/mol. The van der Waals surface area contributed by atoms with Crippen LogP contribution in [0.15, 0.2) is 10.6 Å². The van der Waals surface area contributed by atoms with Crippen molar-refractivity contribution < 1.29 is 19.2 Å². The van der Waals surface area contributed by atoms with Crippen LogP contribution in [0.25, 0.3) is 0 Å². The number of carbonyl (C=O) groups excluding carboxylic acids is 1. The summed E-state index contributed by atoms with van der Waals surface area (Å²) in [5.41, 5.74) is 0.587. The second kappa shape index (κ2) is 3.96. The molecule has 1 aliphatic carbocycles. The van der Waals surface area contributed by atoms with Crippen LogP contribution in [0.5, 0.6) is 0 Å². The van der Waals surface area contributed by atoms with E-state index >= 15 is 0 Å². The van der Waals surface area contributed by atoms with Crippen molar-refractivity contribution in [3.63, 3.8) is 0 Å². The maximum atomic E-state index is 11.6. The first-order valence-electron chi connectivity index (χ1n) is 5.05. The fraction of sp³-hybridized carbons (Fsp3) is 0.500. The number of nitrogens with zero attached hydrogens (tertiary/aromatic N) is 1. The molecule has 1 atom stereocenters. The number of aromatic nitrogens is 1. The molecule has 6 nitrogen and oxygen atoms in total. The SMILES string of the molecule is Cc1cc(C(=O)NC(C(=O)O)C2CC2)on1. The van der Waals surface area contributed by atoms with Crippen LogP contribution in [0.2, 0.25) is 0 Å². The minimum absolute atomic E-state index is 0.0457. The molecule has 1 aromatic heterocycles. The van der Waals surface area contributed by atoms with Gasteiger partial charge in [0.2, 0.25) is 5.76 Å². The molecular weight excluding hydrogens is 212 g/mol. The van der Waals surface area contributed by atoms with Crippen LogP contribution in [-0.4, -0.2) is 28.2 Å². The Bertz CT molecular complexity index is 422. The molecule has 16 heavy (non-hydrogen) atoms. The van der Waals surface area contributed by atoms with Gasteiger partial charge < -0.3 is 14.9 Å². The molecular formula is C10H12N2O4. The molecule has 0 saturated heterocycles. The van der Waals surface area contributed by atoms with Crippen LogP contribution in [0, 0.1) is 12.8 Å². The molecule has 0 bridgehead atoms. The van der Waals surface area contributed by atoms with Gasteiger partial charge in [0.05, 0.1) is 5.69 Å². The molecule has 1 amide bonds. The Labute approximate surface area is 91.6 Å². The molecule has 2 rings (SSSR count). The van der Waals surface area contributed by atoms with Crippen LogP contribution in [-0.2, 0) is 4.79 Å². The highest BCUT2D eigenvalue weighted by Gasteiger charge is 2.37. The third-order valence-electron chi connectivity index (χ3n) is 2.50. The van der Waals surface area contributed by atoms with E-state index in [1.54, 1.807) is 6.92 Å². The zero-order valence-corrected chi connectivity index (χ0v) is 8.77. The average molecular weight is 224 g/mol. The molecule has 6 heteroatoms. The van der Waals surface area contributed by atoms with Gasteiger partial charge in [-0.05, 0) is 25.7 Å². The molecule has 1 aromatic rings. The lowest BCUT2D eigenvalue weighted by atomic mass is 10.2. The summed E-state index contributed by atoms with van der Waals surface area (Å²) in [7, 11) is 0. The summed E-state index contributed by atoms with van der Waals surface area (Å²) >= 11 is 0. The lowest BCUT2D eigenvalue weighted by Gasteiger charge is -2.11. The minimum Gasteiger partial charge on any atom is -0.480 e. The van der Waals surface area contributed by atoms with Gasteiger partial charge in [-0.25, -0.2) is 4.79 Å². The number of hydrogen-bond donors (Lipinski definition) is 2. The summed E-state index contributed by atoms with van der Waals surface area (Å²) < 4.78 is 4.75. The highest BCUT2D eigenvalue weighted by Crippen LogP contribution is 2.32. The van der Waals surface area contributed by atoms with Crippen molar-refractivity contribution in [2.24, 2.45) is 5.92 Å². The third kappa shape index (κ3) is 2.21. The van der Waals surface area contributed by atoms with E-state index in [0.717, 1.165) is 12.8 Å². The Morgan fingerprint density at radius 1 is 1.62 bits per heavy atom. The van der Waals surface area contributed by atoms with E-state index in [0.29, 0.717) is 5.69 Å². The van der Waals surface area contributed by atoms with Crippen molar-refractivity contribution in [3.8, 4) is 0 Å². The first-order valence-corrected chi connectivity index (χ1v) is 5.05. The Hall–Kier alpha value is -1.85. The van der Waals surface area contributed by atoms with Gasteiger partial charge >= 0.3 is 5.97 Å². The van der Waals surface area contributed by atoms with Gasteiger partial charge in [0.25, 0.3) is 5.91 Å². The third-order valence-corrected chi connectivity index (χ3v) is 2.50. The average Bonchev–Trinajstić information content (AvgIpc) is 2.96. The van der Waals surface area contributed by atoms with Crippen molar-refractivity contribution in [2.45, 2.75) is 25.8 Å². The normalized spacial score (nSPS) is 16.8. The molecule has 1 heterocycles. The van der Waals surface area contributed by atoms with Crippen molar-refractivity contribution in [2.75, 3.05) is 0 Å². The maximum Gasteiger partial charge on any atom is 0.326 e. The lowest BCUT2D eigenvalue weighted by molar-refractivity contribution is -0.139. The highest BCUT2D eigenvalue weighted by molar-refractivity contribution is 5.94. The summed E-state index contributed by atoms with van der Waals surface area (Å²) in [6.07, 6.45) is 1.68. The van der Waals surface area contributed by atoms with E-state index in [2.05, 4.69) is 10.5 Å². The van der Waals surface area contributed by atoms with E-state index in [9.17, 15) is 9.59 Å². The number of amides is 1. The fourth-order valence-corrected chi connectivity index (χ4v) is 1.49. The van der Waals surface area contributed by atoms with Crippen molar-refractivity contribution in [3.05, 3.63) is 17.5 Å². The number of carbonyl (C=O) groups is 2. The molecule has 86 valence electrons. The Balaban J connectivity index is 2.02. The highest BCUT2D eigenvalue weighted by atomic mass is 16.5. The lowest BCUT2D eigenvalue weighted by Crippen LogP contribution is -2.42. The first-order chi connectivity index (χ1) is 7.58. The topological polar surface area (TPSA) is 92.4 Å². The van der Waals surface area contributed by atoms with E-state index in [1.165, 1.54) is 6.07 Å². The Morgan fingerprint density at radius 2 is 2.31 bits per heavy atom. The fourth-order valence-electron chi connectivity index (χ4n) is 1.49. The van der Waals surface area contributed by atoms with E-state index in [1.807, 2.05) is 0 Å². The van der Waals surface area contributed by atoms with Gasteiger partial charge in [0.15, 0.2) is 0 Å². The zero-order chi connectivity index (χ0) is 11.7. The molecule has 2 N–H and O–H groups in total. The second-order valence-corrected chi connectivity index (χ2v) is 3.96. The zero-order valence-electron chi connectivity index (χ0n) is 8.77. The number of aryl methyl sites for hydroxylation is 1. The molecule has 1 unspecified atom stereocenters. The second-order valence-electron chi connectivity index (χ2n) is 3.96.